The van der Waals surface area contributed by atoms with Gasteiger partial charge in [0.1, 0.15) is 0 Å². The van der Waals surface area contributed by atoms with E-state index >= 15 is 0 Å². The molecule has 0 atom stereocenters. The smallest absolute Gasteiger partial charge is 0.0431 e. The fourth-order valence-electron chi connectivity index (χ4n) is 2.56. The molecule has 0 amide bonds. The lowest BCUT2D eigenvalue weighted by Gasteiger charge is -2.19. The zero-order chi connectivity index (χ0) is 14.8. The van der Waals surface area contributed by atoms with E-state index in [0.29, 0.717) is 6.04 Å². The van der Waals surface area contributed by atoms with Crippen molar-refractivity contribution in [2.75, 3.05) is 13.2 Å². The maximum absolute atomic E-state index is 8.87. The van der Waals surface area contributed by atoms with Gasteiger partial charge in [0.05, 0.1) is 0 Å². The molecule has 0 radical (unpaired) electrons. The van der Waals surface area contributed by atoms with Crippen molar-refractivity contribution in [3.05, 3.63) is 71.8 Å². The summed E-state index contributed by atoms with van der Waals surface area (Å²) in [7, 11) is 0. The maximum Gasteiger partial charge on any atom is 0.0431 e. The Morgan fingerprint density at radius 1 is 0.762 bits per heavy atom. The summed E-state index contributed by atoms with van der Waals surface area (Å²) in [4.78, 5) is 0. The summed E-state index contributed by atoms with van der Waals surface area (Å²) in [5.41, 5.74) is 2.74. The van der Waals surface area contributed by atoms with Crippen molar-refractivity contribution < 1.29 is 5.11 Å². The zero-order valence-corrected chi connectivity index (χ0v) is 12.5. The minimum Gasteiger partial charge on any atom is -0.396 e. The van der Waals surface area contributed by atoms with Crippen LogP contribution in [0.25, 0.3) is 0 Å². The molecule has 2 nitrogen and oxygen atoms in total. The van der Waals surface area contributed by atoms with Crippen LogP contribution in [0.2, 0.25) is 0 Å². The second-order valence-corrected chi connectivity index (χ2v) is 5.46. The van der Waals surface area contributed by atoms with Crippen LogP contribution in [0.5, 0.6) is 0 Å². The van der Waals surface area contributed by atoms with Gasteiger partial charge in [-0.25, -0.2) is 0 Å². The first kappa shape index (κ1) is 15.7. The number of aliphatic hydroxyl groups is 1. The van der Waals surface area contributed by atoms with Crippen LogP contribution in [0.3, 0.4) is 0 Å². The highest BCUT2D eigenvalue weighted by molar-refractivity contribution is 5.19. The van der Waals surface area contributed by atoms with E-state index in [-0.39, 0.29) is 6.61 Å². The van der Waals surface area contributed by atoms with Gasteiger partial charge in [-0.15, -0.1) is 0 Å². The van der Waals surface area contributed by atoms with Crippen LogP contribution in [-0.4, -0.2) is 24.3 Å². The average Bonchev–Trinajstić information content (AvgIpc) is 2.53. The highest BCUT2D eigenvalue weighted by Gasteiger charge is 2.09. The van der Waals surface area contributed by atoms with Crippen molar-refractivity contribution in [1.29, 1.82) is 0 Å². The molecule has 0 saturated heterocycles. The van der Waals surface area contributed by atoms with Crippen LogP contribution in [0.15, 0.2) is 60.7 Å². The minimum atomic E-state index is 0.281. The fraction of sp³-hybridized carbons (Fsp3) is 0.368. The number of unbranched alkanes of at least 4 members (excludes halogenated alkanes) is 1. The first-order valence-electron chi connectivity index (χ1n) is 7.80. The largest absolute Gasteiger partial charge is 0.396 e. The zero-order valence-electron chi connectivity index (χ0n) is 12.5. The van der Waals surface area contributed by atoms with Gasteiger partial charge in [0.2, 0.25) is 0 Å². The van der Waals surface area contributed by atoms with Gasteiger partial charge in [0.15, 0.2) is 0 Å². The molecule has 2 aromatic rings. The fourth-order valence-corrected chi connectivity index (χ4v) is 2.56. The summed E-state index contributed by atoms with van der Waals surface area (Å²) >= 11 is 0. The van der Waals surface area contributed by atoms with E-state index in [2.05, 4.69) is 66.0 Å². The Labute approximate surface area is 127 Å². The lowest BCUT2D eigenvalue weighted by molar-refractivity contribution is 0.282. The molecule has 0 spiro atoms. The van der Waals surface area contributed by atoms with Crippen molar-refractivity contribution in [1.82, 2.24) is 5.32 Å². The SMILES string of the molecule is OCCCCNC(Cc1ccccc1)Cc1ccccc1. The predicted octanol–water partition coefficient (Wildman–Crippen LogP) is 3.20. The van der Waals surface area contributed by atoms with Crippen LogP contribution < -0.4 is 5.32 Å². The van der Waals surface area contributed by atoms with E-state index in [0.717, 1.165) is 32.2 Å². The van der Waals surface area contributed by atoms with E-state index in [9.17, 15) is 0 Å². The average molecular weight is 283 g/mol. The molecule has 0 aromatic heterocycles. The topological polar surface area (TPSA) is 32.3 Å². The lowest BCUT2D eigenvalue weighted by Crippen LogP contribution is -2.34. The molecule has 0 fully saturated rings. The van der Waals surface area contributed by atoms with Gasteiger partial charge in [-0.3, -0.25) is 0 Å². The molecule has 21 heavy (non-hydrogen) atoms. The number of aliphatic hydroxyl groups excluding tert-OH is 1. The second-order valence-electron chi connectivity index (χ2n) is 5.46. The molecular formula is C19H25NO. The highest BCUT2D eigenvalue weighted by atomic mass is 16.2. The first-order valence-corrected chi connectivity index (χ1v) is 7.80. The van der Waals surface area contributed by atoms with Gasteiger partial charge in [0, 0.05) is 12.6 Å². The van der Waals surface area contributed by atoms with Crippen LogP contribution in [-0.2, 0) is 12.8 Å². The Morgan fingerprint density at radius 3 is 1.76 bits per heavy atom. The Hall–Kier alpha value is -1.64. The number of nitrogens with one attached hydrogen (secondary N) is 1. The van der Waals surface area contributed by atoms with Crippen LogP contribution in [0.4, 0.5) is 0 Å². The van der Waals surface area contributed by atoms with E-state index in [1.165, 1.54) is 11.1 Å². The monoisotopic (exact) mass is 283 g/mol. The van der Waals surface area contributed by atoms with E-state index in [1.54, 1.807) is 0 Å². The van der Waals surface area contributed by atoms with Gasteiger partial charge in [-0.05, 0) is 43.4 Å². The number of hydrogen-bond acceptors (Lipinski definition) is 2. The third-order valence-corrected chi connectivity index (χ3v) is 3.67. The van der Waals surface area contributed by atoms with Crippen LogP contribution in [0.1, 0.15) is 24.0 Å². The van der Waals surface area contributed by atoms with Crippen LogP contribution in [0, 0.1) is 0 Å². The number of benzene rings is 2. The normalized spacial score (nSPS) is 11.0. The molecular weight excluding hydrogens is 258 g/mol. The standard InChI is InChI=1S/C19H25NO/c21-14-8-7-13-20-19(15-17-9-3-1-4-10-17)16-18-11-5-2-6-12-18/h1-6,9-12,19-21H,7-8,13-16H2. The predicted molar refractivity (Wildman–Crippen MR) is 88.4 cm³/mol. The molecule has 112 valence electrons. The summed E-state index contributed by atoms with van der Waals surface area (Å²) in [6, 6.07) is 21.7. The van der Waals surface area contributed by atoms with Crippen molar-refractivity contribution in [3.8, 4) is 0 Å². The Bertz CT molecular complexity index is 442. The van der Waals surface area contributed by atoms with Gasteiger partial charge in [-0.2, -0.15) is 0 Å². The van der Waals surface area contributed by atoms with Gasteiger partial charge in [0.25, 0.3) is 0 Å². The highest BCUT2D eigenvalue weighted by Crippen LogP contribution is 2.09. The summed E-state index contributed by atoms with van der Waals surface area (Å²) in [5, 5.41) is 12.5. The van der Waals surface area contributed by atoms with Gasteiger partial charge >= 0.3 is 0 Å². The quantitative estimate of drug-likeness (QED) is 0.693. The molecule has 2 N–H and O–H groups in total. The van der Waals surface area contributed by atoms with E-state index in [4.69, 9.17) is 5.11 Å². The molecule has 0 aliphatic carbocycles. The van der Waals surface area contributed by atoms with Crippen molar-refractivity contribution in [3.63, 3.8) is 0 Å². The summed E-state index contributed by atoms with van der Waals surface area (Å²) < 4.78 is 0. The Kier molecular flexibility index (Phi) is 6.99. The molecule has 0 bridgehead atoms. The molecule has 2 heteroatoms. The van der Waals surface area contributed by atoms with Crippen molar-refractivity contribution in [2.45, 2.75) is 31.7 Å². The third-order valence-electron chi connectivity index (χ3n) is 3.67. The number of rotatable bonds is 9. The van der Waals surface area contributed by atoms with E-state index < -0.39 is 0 Å². The van der Waals surface area contributed by atoms with Crippen molar-refractivity contribution in [2.24, 2.45) is 0 Å². The molecule has 0 aliphatic rings. The summed E-state index contributed by atoms with van der Waals surface area (Å²) in [5.74, 6) is 0. The molecule has 0 aliphatic heterocycles. The molecule has 0 unspecified atom stereocenters. The van der Waals surface area contributed by atoms with Gasteiger partial charge in [-0.1, -0.05) is 60.7 Å². The Morgan fingerprint density at radius 2 is 1.29 bits per heavy atom. The maximum atomic E-state index is 8.87. The molecule has 0 heterocycles. The summed E-state index contributed by atoms with van der Waals surface area (Å²) in [6.07, 6.45) is 3.97. The summed E-state index contributed by atoms with van der Waals surface area (Å²) in [6.45, 7) is 1.24. The number of hydrogen-bond donors (Lipinski definition) is 2. The molecule has 2 aromatic carbocycles. The Balaban J connectivity index is 1.93. The molecule has 0 saturated carbocycles. The van der Waals surface area contributed by atoms with Gasteiger partial charge < -0.3 is 10.4 Å². The third kappa shape index (κ3) is 6.11. The van der Waals surface area contributed by atoms with Crippen molar-refractivity contribution >= 4 is 0 Å². The molecule has 2 rings (SSSR count). The first-order chi connectivity index (χ1) is 10.4. The second kappa shape index (κ2) is 9.32. The minimum absolute atomic E-state index is 0.281. The lowest BCUT2D eigenvalue weighted by atomic mass is 9.99. The van der Waals surface area contributed by atoms with Crippen LogP contribution >= 0.6 is 0 Å². The van der Waals surface area contributed by atoms with E-state index in [1.807, 2.05) is 0 Å².